The lowest BCUT2D eigenvalue weighted by atomic mass is 10.0. The molecule has 0 aliphatic heterocycles. The van der Waals surface area contributed by atoms with E-state index in [1.807, 2.05) is 31.2 Å². The number of para-hydroxylation sites is 1. The number of unbranched alkanes of at least 4 members (excludes halogenated alkanes) is 1. The van der Waals surface area contributed by atoms with Crippen molar-refractivity contribution in [1.29, 1.82) is 5.41 Å². The number of carbonyl (C=O) groups excluding carboxylic acids is 9. The van der Waals surface area contributed by atoms with Gasteiger partial charge in [0.1, 0.15) is 36.3 Å². The summed E-state index contributed by atoms with van der Waals surface area (Å²) in [6.45, 7) is 2.76. The molecule has 0 saturated heterocycles. The van der Waals surface area contributed by atoms with Crippen molar-refractivity contribution >= 4 is 70.0 Å². The maximum absolute atomic E-state index is 14.6. The van der Waals surface area contributed by atoms with E-state index in [0.29, 0.717) is 29.7 Å². The number of nitrogens with one attached hydrogen (secondary N) is 11. The Hall–Kier alpha value is -8.31. The number of primary amides is 2. The Morgan fingerprint density at radius 2 is 1.15 bits per heavy atom. The maximum Gasteiger partial charge on any atom is 0.243 e. The molecule has 4 aromatic rings. The summed E-state index contributed by atoms with van der Waals surface area (Å²) in [7, 11) is 0. The Morgan fingerprint density at radius 1 is 0.606 bits per heavy atom. The molecule has 0 radical (unpaired) electrons. The zero-order valence-electron chi connectivity index (χ0n) is 39.7. The van der Waals surface area contributed by atoms with Crippen molar-refractivity contribution in [3.63, 3.8) is 0 Å². The van der Waals surface area contributed by atoms with Gasteiger partial charge in [-0.2, -0.15) is 0 Å². The summed E-state index contributed by atoms with van der Waals surface area (Å²) in [5.74, 6) is -7.18. The summed E-state index contributed by atoms with van der Waals surface area (Å²) in [6.07, 6.45) is 5.22. The van der Waals surface area contributed by atoms with E-state index >= 15 is 0 Å². The average molecular weight is 984 g/mol. The highest BCUT2D eigenvalue weighted by atomic mass is 16.2. The van der Waals surface area contributed by atoms with E-state index in [-0.39, 0.29) is 63.9 Å². The quantitative estimate of drug-likeness (QED) is 0.0156. The fourth-order valence-electron chi connectivity index (χ4n) is 7.55. The molecule has 71 heavy (non-hydrogen) atoms. The van der Waals surface area contributed by atoms with Gasteiger partial charge in [0.15, 0.2) is 5.96 Å². The molecule has 0 saturated carbocycles. The van der Waals surface area contributed by atoms with Crippen LogP contribution in [0.1, 0.15) is 75.6 Å². The van der Waals surface area contributed by atoms with Crippen LogP contribution >= 0.6 is 0 Å². The lowest BCUT2D eigenvalue weighted by Gasteiger charge is -2.28. The van der Waals surface area contributed by atoms with Crippen molar-refractivity contribution in [1.82, 2.24) is 57.5 Å². The normalized spacial score (nSPS) is 13.4. The van der Waals surface area contributed by atoms with Gasteiger partial charge in [-0.05, 0) is 42.9 Å². The molecule has 2 aromatic carbocycles. The van der Waals surface area contributed by atoms with Gasteiger partial charge >= 0.3 is 0 Å². The van der Waals surface area contributed by atoms with E-state index in [1.165, 1.54) is 19.4 Å². The van der Waals surface area contributed by atoms with Gasteiger partial charge < -0.3 is 69.7 Å². The van der Waals surface area contributed by atoms with Gasteiger partial charge in [-0.15, -0.1) is 0 Å². The minimum atomic E-state index is -1.44. The second-order valence-electron chi connectivity index (χ2n) is 16.9. The largest absolute Gasteiger partial charge is 0.370 e. The number of imidazole rings is 1. The number of aromatic amines is 2. The number of benzene rings is 2. The molecular formula is C47H65N15O9. The van der Waals surface area contributed by atoms with Crippen LogP contribution < -0.4 is 59.7 Å². The second kappa shape index (κ2) is 28.2. The maximum atomic E-state index is 14.6. The number of aromatic nitrogens is 3. The smallest absolute Gasteiger partial charge is 0.243 e. The van der Waals surface area contributed by atoms with Crippen molar-refractivity contribution in [3.05, 3.63) is 90.1 Å². The van der Waals surface area contributed by atoms with Crippen LogP contribution in [-0.4, -0.2) is 123 Å². The molecule has 2 aromatic heterocycles. The number of nitrogens with zero attached hydrogens (tertiary/aromatic N) is 1. The van der Waals surface area contributed by atoms with E-state index in [2.05, 4.69) is 57.5 Å². The summed E-state index contributed by atoms with van der Waals surface area (Å²) in [5.41, 5.74) is 18.7. The first-order valence-corrected chi connectivity index (χ1v) is 23.2. The third kappa shape index (κ3) is 19.0. The molecule has 6 atom stereocenters. The predicted octanol–water partition coefficient (Wildman–Crippen LogP) is -1.83. The first-order valence-electron chi connectivity index (χ1n) is 23.2. The molecule has 17 N–H and O–H groups in total. The Labute approximate surface area is 409 Å². The molecule has 0 fully saturated rings. The fourth-order valence-corrected chi connectivity index (χ4v) is 7.55. The molecule has 0 aliphatic rings. The molecule has 382 valence electrons. The Bertz CT molecular complexity index is 2460. The van der Waals surface area contributed by atoms with Crippen LogP contribution in [0.3, 0.4) is 0 Å². The number of nitrogens with two attached hydrogens (primary N) is 3. The first-order chi connectivity index (χ1) is 33.9. The summed E-state index contributed by atoms with van der Waals surface area (Å²) in [4.78, 5) is 130. The molecule has 4 rings (SSSR count). The molecule has 0 bridgehead atoms. The SMILES string of the molecule is CCCC[C@H](NC(C)=O)C(=O)N[C@@H](CCC(N)=O)C(=O)N[C@@H](Cc1cnc[nH]1)C(=O)N[C@H](Cc1ccccc1)C(=O)N[C@@H](CCCNC(=N)N)C(=O)N[C@H](Cc1c[nH]c2ccccc12)C(=O)NCC(N)=O. The van der Waals surface area contributed by atoms with Crippen LogP contribution in [0, 0.1) is 5.41 Å². The minimum absolute atomic E-state index is 0.0369. The number of guanidine groups is 1. The predicted molar refractivity (Wildman–Crippen MR) is 261 cm³/mol. The second-order valence-corrected chi connectivity index (χ2v) is 16.9. The molecule has 0 spiro atoms. The van der Waals surface area contributed by atoms with E-state index < -0.39 is 96.0 Å². The topological polar surface area (TPSA) is 396 Å². The van der Waals surface area contributed by atoms with E-state index in [9.17, 15) is 43.2 Å². The van der Waals surface area contributed by atoms with Gasteiger partial charge in [-0.3, -0.25) is 48.6 Å². The lowest BCUT2D eigenvalue weighted by Crippen LogP contribution is -2.60. The van der Waals surface area contributed by atoms with Gasteiger partial charge in [-0.1, -0.05) is 68.3 Å². The van der Waals surface area contributed by atoms with Crippen LogP contribution in [-0.2, 0) is 62.4 Å². The standard InChI is InChI=1S/C47H65N15O9/c1-3-4-14-33(57-27(2)63)42(67)59-35(17-18-39(48)64)44(69)62-38(22-30-24-52-26-56-30)46(71)60-36(20-28-11-6-5-7-12-28)45(70)58-34(16-10-19-53-47(50)51)43(68)61-37(41(66)55-25-40(49)65)21-29-23-54-32-15-9-8-13-31(29)32/h5-9,11-13,15,23-24,26,33-38,54H,3-4,10,14,16-22,25H2,1-2H3,(H2,48,64)(H2,49,65)(H,52,56)(H,55,66)(H,57,63)(H,58,70)(H,59,67)(H,60,71)(H,61,68)(H,62,69)(H4,50,51,53)/t33-,34-,35-,36+,37+,38-/m0/s1. The third-order valence-corrected chi connectivity index (χ3v) is 11.2. The third-order valence-electron chi connectivity index (χ3n) is 11.2. The number of rotatable bonds is 30. The van der Waals surface area contributed by atoms with Crippen LogP contribution in [0.15, 0.2) is 73.3 Å². The van der Waals surface area contributed by atoms with E-state index in [4.69, 9.17) is 22.6 Å². The van der Waals surface area contributed by atoms with Gasteiger partial charge in [0.2, 0.25) is 53.2 Å². The van der Waals surface area contributed by atoms with Crippen LogP contribution in [0.25, 0.3) is 10.9 Å². The number of amides is 9. The van der Waals surface area contributed by atoms with E-state index in [1.54, 1.807) is 36.5 Å². The monoisotopic (exact) mass is 984 g/mol. The minimum Gasteiger partial charge on any atom is -0.370 e. The number of hydrogen-bond donors (Lipinski definition) is 14. The van der Waals surface area contributed by atoms with Gasteiger partial charge in [0, 0.05) is 68.1 Å². The van der Waals surface area contributed by atoms with E-state index in [0.717, 1.165) is 10.9 Å². The molecule has 24 heteroatoms. The summed E-state index contributed by atoms with van der Waals surface area (Å²) >= 11 is 0. The fraction of sp³-hybridized carbons (Fsp3) is 0.426. The number of fused-ring (bicyclic) bond motifs is 1. The van der Waals surface area contributed by atoms with Crippen molar-refractivity contribution in [2.75, 3.05) is 13.1 Å². The lowest BCUT2D eigenvalue weighted by molar-refractivity contribution is -0.135. The molecule has 2 heterocycles. The zero-order chi connectivity index (χ0) is 51.9. The van der Waals surface area contributed by atoms with Gasteiger partial charge in [-0.25, -0.2) is 4.98 Å². The van der Waals surface area contributed by atoms with Crippen molar-refractivity contribution in [2.24, 2.45) is 17.2 Å². The van der Waals surface area contributed by atoms with Crippen LogP contribution in [0.2, 0.25) is 0 Å². The van der Waals surface area contributed by atoms with Gasteiger partial charge in [0.05, 0.1) is 12.9 Å². The summed E-state index contributed by atoms with van der Waals surface area (Å²) in [5, 5.41) is 29.4. The average Bonchev–Trinajstić information content (AvgIpc) is 4.01. The van der Waals surface area contributed by atoms with Crippen molar-refractivity contribution in [2.45, 2.75) is 114 Å². The van der Waals surface area contributed by atoms with Crippen molar-refractivity contribution in [3.8, 4) is 0 Å². The highest BCUT2D eigenvalue weighted by Crippen LogP contribution is 2.20. The Morgan fingerprint density at radius 3 is 1.73 bits per heavy atom. The van der Waals surface area contributed by atoms with Crippen molar-refractivity contribution < 1.29 is 43.2 Å². The number of H-pyrrole nitrogens is 2. The molecule has 0 aliphatic carbocycles. The summed E-state index contributed by atoms with van der Waals surface area (Å²) in [6, 6.07) is 8.08. The summed E-state index contributed by atoms with van der Waals surface area (Å²) < 4.78 is 0. The molecule has 24 nitrogen and oxygen atoms in total. The highest BCUT2D eigenvalue weighted by Gasteiger charge is 2.34. The molecular weight excluding hydrogens is 919 g/mol. The zero-order valence-corrected chi connectivity index (χ0v) is 39.7. The Kier molecular flexibility index (Phi) is 22.0. The molecule has 0 unspecified atom stereocenters. The van der Waals surface area contributed by atoms with Crippen LogP contribution in [0.5, 0.6) is 0 Å². The highest BCUT2D eigenvalue weighted by molar-refractivity contribution is 5.98. The van der Waals surface area contributed by atoms with Gasteiger partial charge in [0.25, 0.3) is 0 Å². The first kappa shape index (κ1) is 55.3. The Balaban J connectivity index is 1.65. The van der Waals surface area contributed by atoms with Crippen LogP contribution in [0.4, 0.5) is 0 Å². The number of carbonyl (C=O) groups is 9. The number of hydrogen-bond acceptors (Lipinski definition) is 11. The molecule has 9 amide bonds.